The third-order valence-corrected chi connectivity index (χ3v) is 5.94. The van der Waals surface area contributed by atoms with Crippen molar-refractivity contribution in [2.45, 2.75) is 25.8 Å². The molecule has 31 heavy (non-hydrogen) atoms. The highest BCUT2D eigenvalue weighted by Gasteiger charge is 2.49. The molecule has 7 nitrogen and oxygen atoms in total. The summed E-state index contributed by atoms with van der Waals surface area (Å²) in [4.78, 5) is 40.9. The fourth-order valence-electron chi connectivity index (χ4n) is 4.09. The number of rotatable bonds is 5. The molecule has 8 heteroatoms. The Bertz CT molecular complexity index is 1010. The van der Waals surface area contributed by atoms with E-state index in [1.807, 2.05) is 24.3 Å². The van der Waals surface area contributed by atoms with Crippen molar-refractivity contribution in [1.29, 1.82) is 0 Å². The number of hydrogen-bond acceptors (Lipinski definition) is 4. The van der Waals surface area contributed by atoms with Crippen LogP contribution in [0.3, 0.4) is 0 Å². The molecular weight excluding hydrogens is 399 g/mol. The summed E-state index contributed by atoms with van der Waals surface area (Å²) in [6, 6.07) is 12.2. The quantitative estimate of drug-likeness (QED) is 0.723. The van der Waals surface area contributed by atoms with Crippen molar-refractivity contribution in [2.24, 2.45) is 5.92 Å². The molecule has 2 fully saturated rings. The summed E-state index contributed by atoms with van der Waals surface area (Å²) in [6.07, 6.45) is 1.17. The zero-order valence-corrected chi connectivity index (χ0v) is 17.5. The Hall–Kier alpha value is -3.42. The minimum absolute atomic E-state index is 0.410. The molecule has 4 rings (SSSR count). The van der Waals surface area contributed by atoms with Gasteiger partial charge in [-0.05, 0) is 61.2 Å². The molecule has 162 valence electrons. The van der Waals surface area contributed by atoms with Crippen LogP contribution in [0.25, 0.3) is 0 Å². The molecule has 2 heterocycles. The van der Waals surface area contributed by atoms with E-state index in [9.17, 15) is 18.8 Å². The fraction of sp³-hybridized carbons (Fsp3) is 0.348. The predicted octanol–water partition coefficient (Wildman–Crippen LogP) is 3.08. The monoisotopic (exact) mass is 424 g/mol. The van der Waals surface area contributed by atoms with Gasteiger partial charge in [-0.1, -0.05) is 19.1 Å². The Morgan fingerprint density at radius 1 is 1.16 bits per heavy atom. The van der Waals surface area contributed by atoms with Gasteiger partial charge in [0.05, 0.1) is 0 Å². The topological polar surface area (TPSA) is 81.8 Å². The van der Waals surface area contributed by atoms with Crippen LogP contribution in [0.1, 0.15) is 25.8 Å². The van der Waals surface area contributed by atoms with Crippen LogP contribution in [-0.4, -0.2) is 42.4 Å². The molecule has 2 aliphatic heterocycles. The molecule has 0 saturated carbocycles. The van der Waals surface area contributed by atoms with Gasteiger partial charge in [0, 0.05) is 24.5 Å². The lowest BCUT2D eigenvalue weighted by molar-refractivity contribution is -0.133. The predicted molar refractivity (Wildman–Crippen MR) is 115 cm³/mol. The highest BCUT2D eigenvalue weighted by atomic mass is 19.1. The lowest BCUT2D eigenvalue weighted by Crippen LogP contribution is -2.42. The van der Waals surface area contributed by atoms with Crippen LogP contribution in [-0.2, 0) is 15.1 Å². The van der Waals surface area contributed by atoms with Gasteiger partial charge < -0.3 is 15.5 Å². The van der Waals surface area contributed by atoms with Gasteiger partial charge in [0.1, 0.15) is 17.9 Å². The molecule has 4 amide bonds. The first-order chi connectivity index (χ1) is 14.8. The number of carbonyl (C=O) groups excluding carboxylic acids is 3. The first-order valence-electron chi connectivity index (χ1n) is 10.3. The van der Waals surface area contributed by atoms with Crippen LogP contribution in [0.2, 0.25) is 0 Å². The molecule has 2 aliphatic rings. The minimum atomic E-state index is -1.35. The second kappa shape index (κ2) is 8.02. The number of imide groups is 1. The van der Waals surface area contributed by atoms with E-state index in [0.29, 0.717) is 17.2 Å². The van der Waals surface area contributed by atoms with Crippen LogP contribution >= 0.6 is 0 Å². The van der Waals surface area contributed by atoms with E-state index in [1.165, 1.54) is 37.6 Å². The molecule has 2 atom stereocenters. The fourth-order valence-corrected chi connectivity index (χ4v) is 4.09. The summed E-state index contributed by atoms with van der Waals surface area (Å²) in [5, 5.41) is 5.34. The van der Waals surface area contributed by atoms with E-state index in [1.54, 1.807) is 0 Å². The molecule has 2 aromatic carbocycles. The summed E-state index contributed by atoms with van der Waals surface area (Å²) < 4.78 is 13.2. The number of benzene rings is 2. The van der Waals surface area contributed by atoms with Crippen LogP contribution in [0, 0.1) is 11.7 Å². The number of halogens is 1. The third kappa shape index (κ3) is 4.10. The maximum Gasteiger partial charge on any atom is 0.325 e. The zero-order chi connectivity index (χ0) is 22.2. The van der Waals surface area contributed by atoms with Crippen LogP contribution in [0.15, 0.2) is 48.5 Å². The first-order valence-corrected chi connectivity index (χ1v) is 10.3. The standard InChI is InChI=1S/C23H25FN4O3/c1-15-11-12-27(13-15)19-9-7-18(8-10-19)25-20(29)14-28-21(30)23(2,26-22(28)31)16-3-5-17(24)6-4-16/h3-10,15H,11-14H2,1-2H3,(H,25,29)(H,26,31). The van der Waals surface area contributed by atoms with E-state index in [0.717, 1.165) is 23.7 Å². The van der Waals surface area contributed by atoms with Crippen molar-refractivity contribution in [3.8, 4) is 0 Å². The van der Waals surface area contributed by atoms with E-state index < -0.39 is 35.7 Å². The summed E-state index contributed by atoms with van der Waals surface area (Å²) in [7, 11) is 0. The van der Waals surface area contributed by atoms with E-state index >= 15 is 0 Å². The van der Waals surface area contributed by atoms with Crippen molar-refractivity contribution < 1.29 is 18.8 Å². The summed E-state index contributed by atoms with van der Waals surface area (Å²) in [5.74, 6) is -0.804. The lowest BCUT2D eigenvalue weighted by atomic mass is 9.92. The molecule has 2 saturated heterocycles. The van der Waals surface area contributed by atoms with Crippen molar-refractivity contribution in [2.75, 3.05) is 29.9 Å². The van der Waals surface area contributed by atoms with Crippen molar-refractivity contribution in [3.63, 3.8) is 0 Å². The van der Waals surface area contributed by atoms with E-state index in [2.05, 4.69) is 22.5 Å². The number of urea groups is 1. The highest BCUT2D eigenvalue weighted by molar-refractivity contribution is 6.10. The van der Waals surface area contributed by atoms with Crippen molar-refractivity contribution >= 4 is 29.2 Å². The summed E-state index contributed by atoms with van der Waals surface area (Å²) >= 11 is 0. The number of amides is 4. The van der Waals surface area contributed by atoms with E-state index in [-0.39, 0.29) is 0 Å². The van der Waals surface area contributed by atoms with Gasteiger partial charge in [0.2, 0.25) is 5.91 Å². The molecule has 0 aliphatic carbocycles. The largest absolute Gasteiger partial charge is 0.371 e. The molecule has 0 bridgehead atoms. The second-order valence-corrected chi connectivity index (χ2v) is 8.39. The normalized spacial score (nSPS) is 23.3. The van der Waals surface area contributed by atoms with Gasteiger partial charge in [-0.15, -0.1) is 0 Å². The summed E-state index contributed by atoms with van der Waals surface area (Å²) in [5.41, 5.74) is 0.794. The Kier molecular flexibility index (Phi) is 5.39. The number of anilines is 2. The van der Waals surface area contributed by atoms with Crippen LogP contribution in [0.4, 0.5) is 20.6 Å². The molecule has 0 aromatic heterocycles. The molecule has 2 unspecified atom stereocenters. The minimum Gasteiger partial charge on any atom is -0.371 e. The van der Waals surface area contributed by atoms with Crippen molar-refractivity contribution in [3.05, 3.63) is 59.9 Å². The van der Waals surface area contributed by atoms with Gasteiger partial charge >= 0.3 is 6.03 Å². The number of nitrogens with zero attached hydrogens (tertiary/aromatic N) is 2. The highest BCUT2D eigenvalue weighted by Crippen LogP contribution is 2.29. The molecule has 2 aromatic rings. The van der Waals surface area contributed by atoms with E-state index in [4.69, 9.17) is 0 Å². The van der Waals surface area contributed by atoms with Gasteiger partial charge in [-0.3, -0.25) is 14.5 Å². The number of hydrogen-bond donors (Lipinski definition) is 2. The zero-order valence-electron chi connectivity index (χ0n) is 17.5. The average molecular weight is 424 g/mol. The maximum atomic E-state index is 13.2. The summed E-state index contributed by atoms with van der Waals surface area (Å²) in [6.45, 7) is 5.39. The van der Waals surface area contributed by atoms with Crippen LogP contribution < -0.4 is 15.5 Å². The van der Waals surface area contributed by atoms with Gasteiger partial charge in [0.15, 0.2) is 0 Å². The third-order valence-electron chi connectivity index (χ3n) is 5.94. The molecular formula is C23H25FN4O3. The smallest absolute Gasteiger partial charge is 0.325 e. The molecule has 0 radical (unpaired) electrons. The van der Waals surface area contributed by atoms with Gasteiger partial charge in [-0.25, -0.2) is 9.18 Å². The van der Waals surface area contributed by atoms with Crippen molar-refractivity contribution in [1.82, 2.24) is 10.2 Å². The van der Waals surface area contributed by atoms with Gasteiger partial charge in [0.25, 0.3) is 5.91 Å². The lowest BCUT2D eigenvalue weighted by Gasteiger charge is -2.22. The van der Waals surface area contributed by atoms with Gasteiger partial charge in [-0.2, -0.15) is 0 Å². The average Bonchev–Trinajstić information content (AvgIpc) is 3.26. The first kappa shape index (κ1) is 20.8. The molecule has 0 spiro atoms. The SMILES string of the molecule is CC1CCN(c2ccc(NC(=O)CN3C(=O)NC(C)(c4ccc(F)cc4)C3=O)cc2)C1. The van der Waals surface area contributed by atoms with Crippen LogP contribution in [0.5, 0.6) is 0 Å². The second-order valence-electron chi connectivity index (χ2n) is 8.39. The maximum absolute atomic E-state index is 13.2. The molecule has 2 N–H and O–H groups in total. The Morgan fingerprint density at radius 3 is 2.45 bits per heavy atom. The number of carbonyl (C=O) groups is 3. The Labute approximate surface area is 180 Å². The Balaban J connectivity index is 1.39. The Morgan fingerprint density at radius 2 is 1.84 bits per heavy atom. The number of nitrogens with one attached hydrogen (secondary N) is 2.